The van der Waals surface area contributed by atoms with Crippen LogP contribution in [0.25, 0.3) is 0 Å². The average Bonchev–Trinajstić information content (AvgIpc) is 2.94. The fourth-order valence-electron chi connectivity index (χ4n) is 2.65. The van der Waals surface area contributed by atoms with Crippen LogP contribution in [0.3, 0.4) is 0 Å². The molecular weight excluding hydrogens is 293 g/mol. The minimum absolute atomic E-state index is 0.0220. The second-order valence-corrected chi connectivity index (χ2v) is 5.87. The summed E-state index contributed by atoms with van der Waals surface area (Å²) in [7, 11) is 0. The summed E-state index contributed by atoms with van der Waals surface area (Å²) in [6, 6.07) is 3.94. The molecule has 1 fully saturated rings. The molecule has 0 unspecified atom stereocenters. The van der Waals surface area contributed by atoms with Crippen LogP contribution in [0.1, 0.15) is 38.5 Å². The van der Waals surface area contributed by atoms with Gasteiger partial charge >= 0.3 is 0 Å². The number of halogens is 2. The molecule has 1 saturated carbocycles. The maximum absolute atomic E-state index is 12.9. The largest absolute Gasteiger partial charge is 0.491 e. The highest BCUT2D eigenvalue weighted by Crippen LogP contribution is 2.27. The van der Waals surface area contributed by atoms with Crippen molar-refractivity contribution in [1.82, 2.24) is 5.32 Å². The Morgan fingerprint density at radius 1 is 1.38 bits per heavy atom. The number of amides is 1. The first-order valence-corrected chi connectivity index (χ1v) is 7.87. The zero-order chi connectivity index (χ0) is 15.1. The SMILES string of the molecule is O=C(CCOc1ccc(F)cc1Cl)NCCC1CCCC1. The Labute approximate surface area is 129 Å². The van der Waals surface area contributed by atoms with Crippen molar-refractivity contribution in [2.45, 2.75) is 38.5 Å². The van der Waals surface area contributed by atoms with E-state index in [1.165, 1.54) is 43.9 Å². The van der Waals surface area contributed by atoms with Crippen molar-refractivity contribution in [3.63, 3.8) is 0 Å². The van der Waals surface area contributed by atoms with Crippen molar-refractivity contribution in [2.24, 2.45) is 5.92 Å². The number of nitrogens with one attached hydrogen (secondary N) is 1. The zero-order valence-electron chi connectivity index (χ0n) is 12.0. The van der Waals surface area contributed by atoms with E-state index in [0.29, 0.717) is 5.75 Å². The highest BCUT2D eigenvalue weighted by Gasteiger charge is 2.14. The lowest BCUT2D eigenvalue weighted by Gasteiger charge is -2.11. The summed E-state index contributed by atoms with van der Waals surface area (Å²) in [4.78, 5) is 11.7. The Morgan fingerprint density at radius 2 is 2.14 bits per heavy atom. The molecule has 21 heavy (non-hydrogen) atoms. The third-order valence-corrected chi connectivity index (χ3v) is 4.13. The number of carbonyl (C=O) groups excluding carboxylic acids is 1. The molecule has 0 saturated heterocycles. The molecule has 3 nitrogen and oxygen atoms in total. The van der Waals surface area contributed by atoms with Crippen LogP contribution >= 0.6 is 11.6 Å². The van der Waals surface area contributed by atoms with Crippen LogP contribution in [0.2, 0.25) is 5.02 Å². The molecular formula is C16H21ClFNO2. The predicted octanol–water partition coefficient (Wildman–Crippen LogP) is 3.94. The van der Waals surface area contributed by atoms with E-state index in [9.17, 15) is 9.18 Å². The maximum atomic E-state index is 12.9. The van der Waals surface area contributed by atoms with Crippen LogP contribution in [-0.2, 0) is 4.79 Å². The summed E-state index contributed by atoms with van der Waals surface area (Å²) in [6.45, 7) is 0.974. The van der Waals surface area contributed by atoms with E-state index >= 15 is 0 Å². The van der Waals surface area contributed by atoms with E-state index in [2.05, 4.69) is 5.32 Å². The van der Waals surface area contributed by atoms with Crippen molar-refractivity contribution in [3.8, 4) is 5.75 Å². The highest BCUT2D eigenvalue weighted by molar-refractivity contribution is 6.32. The molecule has 0 aliphatic heterocycles. The fourth-order valence-corrected chi connectivity index (χ4v) is 2.87. The van der Waals surface area contributed by atoms with Crippen LogP contribution in [0, 0.1) is 11.7 Å². The van der Waals surface area contributed by atoms with Crippen LogP contribution in [-0.4, -0.2) is 19.1 Å². The van der Waals surface area contributed by atoms with Gasteiger partial charge in [0, 0.05) is 6.54 Å². The topological polar surface area (TPSA) is 38.3 Å². The third kappa shape index (κ3) is 5.54. The van der Waals surface area contributed by atoms with E-state index in [4.69, 9.17) is 16.3 Å². The van der Waals surface area contributed by atoms with Crippen molar-refractivity contribution < 1.29 is 13.9 Å². The second-order valence-electron chi connectivity index (χ2n) is 5.46. The molecule has 0 spiro atoms. The van der Waals surface area contributed by atoms with Gasteiger partial charge in [-0.25, -0.2) is 4.39 Å². The molecule has 0 aromatic heterocycles. The van der Waals surface area contributed by atoms with Gasteiger partial charge in [-0.3, -0.25) is 4.79 Å². The van der Waals surface area contributed by atoms with Crippen LogP contribution < -0.4 is 10.1 Å². The Bertz CT molecular complexity index is 475. The van der Waals surface area contributed by atoms with Gasteiger partial charge in [0.2, 0.25) is 5.91 Å². The van der Waals surface area contributed by atoms with Gasteiger partial charge < -0.3 is 10.1 Å². The minimum atomic E-state index is -0.406. The summed E-state index contributed by atoms with van der Waals surface area (Å²) in [5.74, 6) is 0.750. The molecule has 0 atom stereocenters. The summed E-state index contributed by atoms with van der Waals surface area (Å²) in [5, 5.41) is 3.13. The van der Waals surface area contributed by atoms with Gasteiger partial charge in [-0.05, 0) is 30.5 Å². The maximum Gasteiger partial charge on any atom is 0.223 e. The van der Waals surface area contributed by atoms with E-state index in [1.807, 2.05) is 0 Å². The normalized spacial score (nSPS) is 15.1. The van der Waals surface area contributed by atoms with Gasteiger partial charge in [0.25, 0.3) is 0 Å². The molecule has 1 aromatic carbocycles. The first kappa shape index (κ1) is 16.1. The Balaban J connectivity index is 1.60. The van der Waals surface area contributed by atoms with Crippen molar-refractivity contribution in [1.29, 1.82) is 0 Å². The number of carbonyl (C=O) groups is 1. The third-order valence-electron chi connectivity index (χ3n) is 3.83. The summed E-state index contributed by atoms with van der Waals surface area (Å²) < 4.78 is 18.2. The molecule has 1 N–H and O–H groups in total. The van der Waals surface area contributed by atoms with E-state index in [1.54, 1.807) is 0 Å². The molecule has 116 valence electrons. The smallest absolute Gasteiger partial charge is 0.223 e. The number of benzene rings is 1. The van der Waals surface area contributed by atoms with Gasteiger partial charge in [-0.2, -0.15) is 0 Å². The Kier molecular flexibility index (Phi) is 6.30. The molecule has 1 aliphatic carbocycles. The van der Waals surface area contributed by atoms with Crippen LogP contribution in [0.4, 0.5) is 4.39 Å². The molecule has 1 aromatic rings. The first-order valence-electron chi connectivity index (χ1n) is 7.49. The molecule has 0 bridgehead atoms. The van der Waals surface area contributed by atoms with Crippen LogP contribution in [0.5, 0.6) is 5.75 Å². The molecule has 0 radical (unpaired) electrons. The molecule has 5 heteroatoms. The van der Waals surface area contributed by atoms with E-state index < -0.39 is 5.82 Å². The lowest BCUT2D eigenvalue weighted by Crippen LogP contribution is -2.26. The number of rotatable bonds is 7. The summed E-state index contributed by atoms with van der Waals surface area (Å²) >= 11 is 5.84. The highest BCUT2D eigenvalue weighted by atomic mass is 35.5. The molecule has 1 amide bonds. The van der Waals surface area contributed by atoms with Crippen molar-refractivity contribution in [2.75, 3.05) is 13.2 Å². The summed E-state index contributed by atoms with van der Waals surface area (Å²) in [5.41, 5.74) is 0. The molecule has 0 heterocycles. The van der Waals surface area contributed by atoms with Gasteiger partial charge in [-0.1, -0.05) is 37.3 Å². The average molecular weight is 314 g/mol. The molecule has 2 rings (SSSR count). The predicted molar refractivity (Wildman–Crippen MR) is 81.1 cm³/mol. The number of hydrogen-bond acceptors (Lipinski definition) is 2. The number of hydrogen-bond donors (Lipinski definition) is 1. The van der Waals surface area contributed by atoms with Gasteiger partial charge in [-0.15, -0.1) is 0 Å². The number of ether oxygens (including phenoxy) is 1. The first-order chi connectivity index (χ1) is 10.1. The van der Waals surface area contributed by atoms with Crippen molar-refractivity contribution in [3.05, 3.63) is 29.0 Å². The van der Waals surface area contributed by atoms with Crippen LogP contribution in [0.15, 0.2) is 18.2 Å². The minimum Gasteiger partial charge on any atom is -0.491 e. The van der Waals surface area contributed by atoms with Gasteiger partial charge in [0.15, 0.2) is 0 Å². The van der Waals surface area contributed by atoms with Crippen molar-refractivity contribution >= 4 is 17.5 Å². The van der Waals surface area contributed by atoms with Gasteiger partial charge in [0.05, 0.1) is 18.1 Å². The van der Waals surface area contributed by atoms with E-state index in [0.717, 1.165) is 18.9 Å². The Morgan fingerprint density at radius 3 is 2.86 bits per heavy atom. The second kappa shape index (κ2) is 8.23. The van der Waals surface area contributed by atoms with E-state index in [-0.39, 0.29) is 24.0 Å². The fraction of sp³-hybridized carbons (Fsp3) is 0.562. The monoisotopic (exact) mass is 313 g/mol. The van der Waals surface area contributed by atoms with Gasteiger partial charge in [0.1, 0.15) is 11.6 Å². The zero-order valence-corrected chi connectivity index (χ0v) is 12.8. The Hall–Kier alpha value is -1.29. The quantitative estimate of drug-likeness (QED) is 0.828. The lowest BCUT2D eigenvalue weighted by atomic mass is 10.0. The molecule has 1 aliphatic rings. The lowest BCUT2D eigenvalue weighted by molar-refractivity contribution is -0.121. The summed E-state index contributed by atoms with van der Waals surface area (Å²) in [6.07, 6.45) is 6.58. The standard InChI is InChI=1S/C16H21ClFNO2/c17-14-11-13(18)5-6-15(14)21-10-8-16(20)19-9-7-12-3-1-2-4-12/h5-6,11-12H,1-4,7-10H2,(H,19,20).